The van der Waals surface area contributed by atoms with Crippen molar-refractivity contribution < 1.29 is 13.2 Å². The molecule has 0 aliphatic carbocycles. The zero-order chi connectivity index (χ0) is 15.5. The van der Waals surface area contributed by atoms with Gasteiger partial charge in [0.05, 0.1) is 19.0 Å². The fourth-order valence-corrected chi connectivity index (χ4v) is 3.36. The maximum absolute atomic E-state index is 12.5. The van der Waals surface area contributed by atoms with Crippen LogP contribution in [0.1, 0.15) is 5.56 Å². The SMILES string of the molecule is CNCc1cn[nH]c1S(=O)(=O)Nc1cc(Br)ccc1OC. The van der Waals surface area contributed by atoms with Crippen LogP contribution in [-0.4, -0.2) is 32.8 Å². The van der Waals surface area contributed by atoms with Crippen LogP contribution in [0.15, 0.2) is 33.9 Å². The summed E-state index contributed by atoms with van der Waals surface area (Å²) >= 11 is 3.30. The van der Waals surface area contributed by atoms with Gasteiger partial charge in [-0.1, -0.05) is 15.9 Å². The molecule has 21 heavy (non-hydrogen) atoms. The van der Waals surface area contributed by atoms with Crippen LogP contribution in [0, 0.1) is 0 Å². The number of sulfonamides is 1. The molecule has 2 rings (SSSR count). The van der Waals surface area contributed by atoms with Gasteiger partial charge >= 0.3 is 0 Å². The van der Waals surface area contributed by atoms with Gasteiger partial charge in [0.15, 0.2) is 5.03 Å². The number of H-pyrrole nitrogens is 1. The van der Waals surface area contributed by atoms with Crippen LogP contribution in [0.4, 0.5) is 5.69 Å². The Balaban J connectivity index is 2.37. The van der Waals surface area contributed by atoms with E-state index in [0.717, 1.165) is 4.47 Å². The van der Waals surface area contributed by atoms with Gasteiger partial charge in [0.2, 0.25) is 0 Å². The van der Waals surface area contributed by atoms with E-state index in [9.17, 15) is 8.42 Å². The number of methoxy groups -OCH3 is 1. The molecule has 0 atom stereocenters. The highest BCUT2D eigenvalue weighted by atomic mass is 79.9. The molecule has 0 radical (unpaired) electrons. The molecule has 1 aromatic carbocycles. The highest BCUT2D eigenvalue weighted by Crippen LogP contribution is 2.30. The number of nitrogens with zero attached hydrogens (tertiary/aromatic N) is 1. The summed E-state index contributed by atoms with van der Waals surface area (Å²) in [4.78, 5) is 0. The minimum absolute atomic E-state index is 0.0267. The summed E-state index contributed by atoms with van der Waals surface area (Å²) in [6.45, 7) is 0.391. The summed E-state index contributed by atoms with van der Waals surface area (Å²) in [6, 6.07) is 5.06. The highest BCUT2D eigenvalue weighted by molar-refractivity contribution is 9.10. The van der Waals surface area contributed by atoms with Crippen LogP contribution in [-0.2, 0) is 16.6 Å². The zero-order valence-electron chi connectivity index (χ0n) is 11.5. The molecule has 0 bridgehead atoms. The molecule has 3 N–H and O–H groups in total. The molecule has 114 valence electrons. The fraction of sp³-hybridized carbons (Fsp3) is 0.250. The molecule has 1 aromatic heterocycles. The summed E-state index contributed by atoms with van der Waals surface area (Å²) in [6.07, 6.45) is 1.48. The molecule has 0 saturated heterocycles. The molecule has 0 amide bonds. The number of hydrogen-bond donors (Lipinski definition) is 3. The van der Waals surface area contributed by atoms with Crippen LogP contribution in [0.5, 0.6) is 5.75 Å². The maximum atomic E-state index is 12.5. The first-order valence-electron chi connectivity index (χ1n) is 6.01. The number of hydrogen-bond acceptors (Lipinski definition) is 5. The van der Waals surface area contributed by atoms with E-state index in [0.29, 0.717) is 23.5 Å². The second kappa shape index (κ2) is 6.46. The molecule has 0 spiro atoms. The van der Waals surface area contributed by atoms with E-state index in [1.165, 1.54) is 13.3 Å². The smallest absolute Gasteiger partial charge is 0.279 e. The van der Waals surface area contributed by atoms with Crippen LogP contribution in [0.2, 0.25) is 0 Å². The van der Waals surface area contributed by atoms with Gasteiger partial charge in [0.25, 0.3) is 10.0 Å². The van der Waals surface area contributed by atoms with Gasteiger partial charge in [0.1, 0.15) is 5.75 Å². The van der Waals surface area contributed by atoms with E-state index in [-0.39, 0.29) is 5.03 Å². The van der Waals surface area contributed by atoms with Crippen molar-refractivity contribution in [1.82, 2.24) is 15.5 Å². The molecule has 1 heterocycles. The van der Waals surface area contributed by atoms with Crippen molar-refractivity contribution in [2.24, 2.45) is 0 Å². The minimum Gasteiger partial charge on any atom is -0.495 e. The summed E-state index contributed by atoms with van der Waals surface area (Å²) in [7, 11) is -0.575. The molecule has 0 aliphatic rings. The first-order valence-corrected chi connectivity index (χ1v) is 8.28. The third kappa shape index (κ3) is 3.55. The Morgan fingerprint density at radius 2 is 2.19 bits per heavy atom. The largest absolute Gasteiger partial charge is 0.495 e. The van der Waals surface area contributed by atoms with Crippen molar-refractivity contribution >= 4 is 31.6 Å². The summed E-state index contributed by atoms with van der Waals surface area (Å²) in [5.41, 5.74) is 0.899. The average Bonchev–Trinajstić information content (AvgIpc) is 2.88. The van der Waals surface area contributed by atoms with Crippen molar-refractivity contribution in [3.05, 3.63) is 34.4 Å². The lowest BCUT2D eigenvalue weighted by atomic mass is 10.3. The highest BCUT2D eigenvalue weighted by Gasteiger charge is 2.22. The molecular weight excluding hydrogens is 360 g/mol. The summed E-state index contributed by atoms with van der Waals surface area (Å²) in [5, 5.41) is 9.21. The Labute approximate surface area is 131 Å². The van der Waals surface area contributed by atoms with E-state index >= 15 is 0 Å². The molecule has 9 heteroatoms. The van der Waals surface area contributed by atoms with E-state index in [1.54, 1.807) is 25.2 Å². The predicted octanol–water partition coefficient (Wildman–Crippen LogP) is 1.70. The number of rotatable bonds is 6. The fourth-order valence-electron chi connectivity index (χ4n) is 1.80. The molecule has 7 nitrogen and oxygen atoms in total. The Hall–Kier alpha value is -1.58. The van der Waals surface area contributed by atoms with Crippen molar-refractivity contribution in [1.29, 1.82) is 0 Å². The molecule has 0 unspecified atom stereocenters. The average molecular weight is 375 g/mol. The molecule has 2 aromatic rings. The van der Waals surface area contributed by atoms with Gasteiger partial charge < -0.3 is 10.1 Å². The Morgan fingerprint density at radius 3 is 2.86 bits per heavy atom. The normalized spacial score (nSPS) is 11.4. The van der Waals surface area contributed by atoms with Gasteiger partial charge in [-0.25, -0.2) is 0 Å². The van der Waals surface area contributed by atoms with Gasteiger partial charge in [-0.2, -0.15) is 13.5 Å². The van der Waals surface area contributed by atoms with Crippen LogP contribution >= 0.6 is 15.9 Å². The molecule has 0 saturated carbocycles. The number of nitrogens with one attached hydrogen (secondary N) is 3. The third-order valence-corrected chi connectivity index (χ3v) is 4.59. The lowest BCUT2D eigenvalue weighted by molar-refractivity contribution is 0.417. The molecular formula is C12H15BrN4O3S. The summed E-state index contributed by atoms with van der Waals surface area (Å²) < 4.78 is 33.3. The lowest BCUT2D eigenvalue weighted by Gasteiger charge is -2.12. The van der Waals surface area contributed by atoms with Crippen LogP contribution in [0.3, 0.4) is 0 Å². The number of benzene rings is 1. The topological polar surface area (TPSA) is 96.1 Å². The van der Waals surface area contributed by atoms with Gasteiger partial charge in [-0.05, 0) is 25.2 Å². The zero-order valence-corrected chi connectivity index (χ0v) is 13.9. The van der Waals surface area contributed by atoms with E-state index in [2.05, 4.69) is 36.2 Å². The van der Waals surface area contributed by atoms with Gasteiger partial charge in [-0.3, -0.25) is 9.82 Å². The quantitative estimate of drug-likeness (QED) is 0.714. The molecule has 0 aliphatic heterocycles. The van der Waals surface area contributed by atoms with Gasteiger partial charge in [-0.15, -0.1) is 0 Å². The Kier molecular flexibility index (Phi) is 4.86. The second-order valence-electron chi connectivity index (χ2n) is 4.20. The van der Waals surface area contributed by atoms with Crippen LogP contribution < -0.4 is 14.8 Å². The number of ether oxygens (including phenoxy) is 1. The van der Waals surface area contributed by atoms with Crippen molar-refractivity contribution in [2.45, 2.75) is 11.6 Å². The van der Waals surface area contributed by atoms with Crippen LogP contribution in [0.25, 0.3) is 0 Å². The van der Waals surface area contributed by atoms with Crippen molar-refractivity contribution in [3.63, 3.8) is 0 Å². The standard InChI is InChI=1S/C12H15BrN4O3S/c1-14-6-8-7-15-16-12(8)21(18,19)17-10-5-9(13)3-4-11(10)20-2/h3-5,7,14,17H,6H2,1-2H3,(H,15,16). The Bertz CT molecular complexity index is 730. The second-order valence-corrected chi connectivity index (χ2v) is 6.74. The first kappa shape index (κ1) is 15.8. The van der Waals surface area contributed by atoms with E-state index in [4.69, 9.17) is 4.74 Å². The Morgan fingerprint density at radius 1 is 1.43 bits per heavy atom. The number of aromatic amines is 1. The third-order valence-electron chi connectivity index (χ3n) is 2.72. The van der Waals surface area contributed by atoms with Crippen molar-refractivity contribution in [3.8, 4) is 5.75 Å². The number of halogens is 1. The number of anilines is 1. The maximum Gasteiger partial charge on any atom is 0.279 e. The summed E-state index contributed by atoms with van der Waals surface area (Å²) in [5.74, 6) is 0.427. The lowest BCUT2D eigenvalue weighted by Crippen LogP contribution is -2.17. The van der Waals surface area contributed by atoms with E-state index in [1.807, 2.05) is 0 Å². The van der Waals surface area contributed by atoms with E-state index < -0.39 is 10.0 Å². The van der Waals surface area contributed by atoms with Crippen molar-refractivity contribution in [2.75, 3.05) is 18.9 Å². The minimum atomic E-state index is -3.78. The monoisotopic (exact) mass is 374 g/mol. The molecule has 0 fully saturated rings. The predicted molar refractivity (Wildman–Crippen MR) is 82.9 cm³/mol. The first-order chi connectivity index (χ1) is 9.97. The number of aromatic nitrogens is 2. The van der Waals surface area contributed by atoms with Gasteiger partial charge in [0, 0.05) is 16.6 Å².